The summed E-state index contributed by atoms with van der Waals surface area (Å²) in [6, 6.07) is 4.69. The smallest absolute Gasteiger partial charge is 0.329 e. The van der Waals surface area contributed by atoms with E-state index in [4.69, 9.17) is 28.4 Å². The fourth-order valence-electron chi connectivity index (χ4n) is 11.8. The van der Waals surface area contributed by atoms with Crippen LogP contribution in [0.2, 0.25) is 0 Å². The second-order valence-corrected chi connectivity index (χ2v) is 21.7. The van der Waals surface area contributed by atoms with Crippen molar-refractivity contribution in [1.29, 1.82) is 0 Å². The number of esters is 1. The van der Waals surface area contributed by atoms with Gasteiger partial charge in [-0.3, -0.25) is 29.2 Å². The second-order valence-electron chi connectivity index (χ2n) is 21.7. The van der Waals surface area contributed by atoms with Crippen LogP contribution in [0.4, 0.5) is 0 Å². The molecule has 4 aliphatic heterocycles. The molecule has 15 atom stereocenters. The van der Waals surface area contributed by atoms with Gasteiger partial charge in [0.1, 0.15) is 24.0 Å². The second kappa shape index (κ2) is 28.0. The number of hydrogen-bond donors (Lipinski definition) is 4. The third kappa shape index (κ3) is 15.2. The van der Waals surface area contributed by atoms with Crippen molar-refractivity contribution in [3.8, 4) is 0 Å². The number of piperazine rings is 1. The van der Waals surface area contributed by atoms with Crippen molar-refractivity contribution in [2.45, 2.75) is 173 Å². The predicted octanol–water partition coefficient (Wildman–Crippen LogP) is 4.51. The molecule has 1 aliphatic carbocycles. The highest BCUT2D eigenvalue weighted by Crippen LogP contribution is 2.40. The molecule has 414 valence electrons. The van der Waals surface area contributed by atoms with E-state index in [0.717, 1.165) is 30.9 Å². The summed E-state index contributed by atoms with van der Waals surface area (Å²) in [5, 5.41) is 45.1. The van der Waals surface area contributed by atoms with E-state index in [2.05, 4.69) is 9.88 Å². The number of Topliss-reactive ketones (excluding diaryl/α,β-unsaturated/α-hetero) is 2. The highest BCUT2D eigenvalue weighted by atomic mass is 16.7. The molecule has 1 amide bonds. The fraction of sp³-hybridized carbons (Fsp3) is 0.732. The van der Waals surface area contributed by atoms with E-state index in [1.165, 1.54) is 19.1 Å². The molecule has 18 heteroatoms. The standard InChI is InChI=1S/C56H86N4O14/c1-35-27-36(2)29-48(70-7)51-49(71-8)31-38(4)56(68,74-51)52(64)53(65)60-21-13-10-17-43(60)54(66)73-50(39(5)44(62)33-45(63)41(28-35)15-11-14-26-61)37(3)30-40-18-19-46(47(32-40)69-6)72-55(67)59-24-22-58(23-25-59)34-42-16-9-12-20-57-42/h9,11-12,14,16,20,28,30,36,38-41,43-44,46-51,55,61-62,67-68H,10,13,15,17-19,21-27,29,31-34H2,1-8H3/b14-11+,35-28+,37-30+/t36-,38+,39+,40-,41+,43-,44-,46+,47+,48-,49-,50+,51+,55?,56+/m0/s1. The predicted molar refractivity (Wildman–Crippen MR) is 275 cm³/mol. The SMILES string of the molecule is CO[C@H]1C[C@@H](C)C/C(C)=C/[C@@H](C/C=C/CO)C(=O)C[C@H](O)[C@@H](C)[C@@H](/C(C)=C/[C@@H]2CC[C@@H](OC(O)N3CCN(Cc4ccccn4)CC3)[C@H](OC)C2)OC(=O)[C@@H]2CCCCN2C(=O)C(=O)[C@]2(O)O[C@H]1[C@@H](OC)C[C@H]2C. The Balaban J connectivity index is 1.25. The molecule has 18 nitrogen and oxygen atoms in total. The number of aromatic nitrogens is 1. The molecular formula is C56H86N4O14. The number of aliphatic hydroxyl groups excluding tert-OH is 3. The van der Waals surface area contributed by atoms with Crippen LogP contribution in [0.3, 0.4) is 0 Å². The maximum absolute atomic E-state index is 14.7. The van der Waals surface area contributed by atoms with E-state index in [9.17, 15) is 39.6 Å². The third-order valence-electron chi connectivity index (χ3n) is 16.2. The average molecular weight is 1040 g/mol. The van der Waals surface area contributed by atoms with Gasteiger partial charge in [-0.1, -0.05) is 56.7 Å². The molecule has 1 aromatic rings. The zero-order chi connectivity index (χ0) is 53.7. The van der Waals surface area contributed by atoms with Crippen molar-refractivity contribution in [1.82, 2.24) is 19.7 Å². The van der Waals surface area contributed by atoms with Gasteiger partial charge in [-0.15, -0.1) is 0 Å². The van der Waals surface area contributed by atoms with Crippen LogP contribution in [0.5, 0.6) is 0 Å². The summed E-state index contributed by atoms with van der Waals surface area (Å²) in [6.45, 7) is 12.5. The molecule has 1 aromatic heterocycles. The minimum Gasteiger partial charge on any atom is -0.456 e. The maximum Gasteiger partial charge on any atom is 0.329 e. The van der Waals surface area contributed by atoms with E-state index in [0.29, 0.717) is 70.0 Å². The molecule has 5 aliphatic rings. The molecular weight excluding hydrogens is 953 g/mol. The molecule has 4 N–H and O–H groups in total. The lowest BCUT2D eigenvalue weighted by Gasteiger charge is -2.47. The number of allylic oxidation sites excluding steroid dienone is 4. The van der Waals surface area contributed by atoms with E-state index in [-0.39, 0.29) is 56.1 Å². The molecule has 6 rings (SSSR count). The lowest BCUT2D eigenvalue weighted by Crippen LogP contribution is -2.64. The van der Waals surface area contributed by atoms with Gasteiger partial charge in [-0.2, -0.15) is 0 Å². The van der Waals surface area contributed by atoms with Crippen LogP contribution < -0.4 is 0 Å². The molecule has 74 heavy (non-hydrogen) atoms. The molecule has 0 spiro atoms. The first-order valence-corrected chi connectivity index (χ1v) is 27.0. The van der Waals surface area contributed by atoms with Gasteiger partial charge in [0.15, 0.2) is 0 Å². The summed E-state index contributed by atoms with van der Waals surface area (Å²) in [5.41, 5.74) is 2.54. The Labute approximate surface area is 438 Å². The first-order chi connectivity index (χ1) is 35.4. The van der Waals surface area contributed by atoms with Gasteiger partial charge in [-0.05, 0) is 108 Å². The number of nitrogens with zero attached hydrogens (tertiary/aromatic N) is 4. The molecule has 2 bridgehead atoms. The van der Waals surface area contributed by atoms with Gasteiger partial charge >= 0.3 is 5.97 Å². The quantitative estimate of drug-likeness (QED) is 0.0922. The Bertz CT molecular complexity index is 2080. The topological polar surface area (TPSA) is 227 Å². The number of amides is 1. The zero-order valence-corrected chi connectivity index (χ0v) is 45.1. The lowest BCUT2D eigenvalue weighted by molar-refractivity contribution is -0.302. The van der Waals surface area contributed by atoms with Crippen molar-refractivity contribution in [3.63, 3.8) is 0 Å². The number of ether oxygens (including phenoxy) is 6. The molecule has 1 saturated carbocycles. The van der Waals surface area contributed by atoms with Gasteiger partial charge in [0.25, 0.3) is 11.7 Å². The summed E-state index contributed by atoms with van der Waals surface area (Å²) < 4.78 is 36.8. The molecule has 0 radical (unpaired) electrons. The number of ketones is 2. The first kappa shape index (κ1) is 59.5. The minimum absolute atomic E-state index is 0.0398. The largest absolute Gasteiger partial charge is 0.456 e. The highest BCUT2D eigenvalue weighted by molar-refractivity contribution is 6.39. The maximum atomic E-state index is 14.7. The number of carbonyl (C=O) groups is 4. The summed E-state index contributed by atoms with van der Waals surface area (Å²) in [7, 11) is 4.66. The number of cyclic esters (lactones) is 1. The van der Waals surface area contributed by atoms with Crippen LogP contribution in [-0.4, -0.2) is 185 Å². The van der Waals surface area contributed by atoms with Crippen LogP contribution in [0.1, 0.15) is 111 Å². The fourth-order valence-corrected chi connectivity index (χ4v) is 11.8. The number of fused-ring (bicyclic) bond motifs is 3. The highest BCUT2D eigenvalue weighted by Gasteiger charge is 2.56. The van der Waals surface area contributed by atoms with Crippen molar-refractivity contribution < 1.29 is 68.0 Å². The molecule has 0 aromatic carbocycles. The zero-order valence-electron chi connectivity index (χ0n) is 45.1. The number of aliphatic hydroxyl groups is 4. The first-order valence-electron chi connectivity index (χ1n) is 27.0. The van der Waals surface area contributed by atoms with Gasteiger partial charge in [0.2, 0.25) is 12.2 Å². The Kier molecular flexibility index (Phi) is 22.5. The van der Waals surface area contributed by atoms with E-state index in [1.54, 1.807) is 39.3 Å². The Morgan fingerprint density at radius 2 is 1.61 bits per heavy atom. The van der Waals surface area contributed by atoms with E-state index in [1.807, 2.05) is 56.0 Å². The number of pyridine rings is 1. The normalized spacial score (nSPS) is 36.6. The van der Waals surface area contributed by atoms with Crippen LogP contribution in [0.25, 0.3) is 0 Å². The van der Waals surface area contributed by atoms with Crippen molar-refractivity contribution >= 4 is 23.4 Å². The summed E-state index contributed by atoms with van der Waals surface area (Å²) in [4.78, 5) is 67.7. The van der Waals surface area contributed by atoms with Crippen molar-refractivity contribution in [3.05, 3.63) is 65.5 Å². The number of rotatable bonds is 13. The van der Waals surface area contributed by atoms with Crippen LogP contribution in [-0.2, 0) is 54.1 Å². The Morgan fingerprint density at radius 1 is 0.892 bits per heavy atom. The number of carbonyl (C=O) groups excluding carboxylic acids is 4. The number of hydrogen-bond acceptors (Lipinski definition) is 17. The summed E-state index contributed by atoms with van der Waals surface area (Å²) in [6.07, 6.45) is 6.85. The Hall–Kier alpha value is -3.79. The lowest BCUT2D eigenvalue weighted by atomic mass is 9.81. The van der Waals surface area contributed by atoms with E-state index < -0.39 is 90.3 Å². The van der Waals surface area contributed by atoms with Crippen LogP contribution >= 0.6 is 0 Å². The van der Waals surface area contributed by atoms with Gasteiger partial charge in [-0.25, -0.2) is 4.79 Å². The van der Waals surface area contributed by atoms with Gasteiger partial charge in [0.05, 0.1) is 42.8 Å². The monoisotopic (exact) mass is 1040 g/mol. The number of piperidine rings is 1. The summed E-state index contributed by atoms with van der Waals surface area (Å²) >= 11 is 0. The van der Waals surface area contributed by atoms with Crippen molar-refractivity contribution in [2.75, 3.05) is 60.7 Å². The van der Waals surface area contributed by atoms with E-state index >= 15 is 0 Å². The Morgan fingerprint density at radius 3 is 2.28 bits per heavy atom. The molecule has 5 heterocycles. The van der Waals surface area contributed by atoms with Gasteiger partial charge in [0, 0.05) is 91.0 Å². The van der Waals surface area contributed by atoms with Crippen LogP contribution in [0, 0.1) is 29.6 Å². The molecule has 1 unspecified atom stereocenters. The molecule has 4 fully saturated rings. The van der Waals surface area contributed by atoms with Gasteiger partial charge < -0.3 is 53.7 Å². The van der Waals surface area contributed by atoms with Crippen LogP contribution in [0.15, 0.2) is 59.8 Å². The summed E-state index contributed by atoms with van der Waals surface area (Å²) in [5.74, 6) is -8.24. The molecule has 3 saturated heterocycles. The number of methoxy groups -OCH3 is 3. The third-order valence-corrected chi connectivity index (χ3v) is 16.2. The van der Waals surface area contributed by atoms with Crippen molar-refractivity contribution in [2.24, 2.45) is 29.6 Å². The minimum atomic E-state index is -2.55. The average Bonchev–Trinajstić information content (AvgIpc) is 3.39.